The van der Waals surface area contributed by atoms with Gasteiger partial charge in [-0.05, 0) is 43.6 Å². The molecule has 1 aliphatic heterocycles. The SMILES string of the molecule is CCCC1CN(Cc2ccc(OC)c(OC)c2)CCCN1. The summed E-state index contributed by atoms with van der Waals surface area (Å²) in [5, 5.41) is 3.65. The molecule has 0 bridgehead atoms. The minimum absolute atomic E-state index is 0.623. The van der Waals surface area contributed by atoms with Crippen LogP contribution in [0.2, 0.25) is 0 Å². The van der Waals surface area contributed by atoms with Gasteiger partial charge in [0.2, 0.25) is 0 Å². The van der Waals surface area contributed by atoms with E-state index in [2.05, 4.69) is 29.3 Å². The Labute approximate surface area is 128 Å². The maximum atomic E-state index is 5.39. The summed E-state index contributed by atoms with van der Waals surface area (Å²) in [4.78, 5) is 2.54. The van der Waals surface area contributed by atoms with Crippen molar-refractivity contribution in [2.24, 2.45) is 0 Å². The normalized spacial score (nSPS) is 20.0. The van der Waals surface area contributed by atoms with Gasteiger partial charge in [-0.3, -0.25) is 4.90 Å². The van der Waals surface area contributed by atoms with Crippen molar-refractivity contribution in [1.29, 1.82) is 0 Å². The number of rotatable bonds is 6. The molecule has 0 radical (unpaired) electrons. The van der Waals surface area contributed by atoms with Crippen molar-refractivity contribution in [2.75, 3.05) is 33.9 Å². The maximum Gasteiger partial charge on any atom is 0.161 e. The second kappa shape index (κ2) is 8.25. The van der Waals surface area contributed by atoms with Crippen molar-refractivity contribution < 1.29 is 9.47 Å². The molecule has 0 saturated carbocycles. The van der Waals surface area contributed by atoms with E-state index in [0.717, 1.165) is 37.7 Å². The molecule has 0 amide bonds. The van der Waals surface area contributed by atoms with E-state index < -0.39 is 0 Å². The zero-order chi connectivity index (χ0) is 15.1. The van der Waals surface area contributed by atoms with Gasteiger partial charge in [0.05, 0.1) is 14.2 Å². The molecule has 118 valence electrons. The van der Waals surface area contributed by atoms with Crippen LogP contribution in [0.25, 0.3) is 0 Å². The van der Waals surface area contributed by atoms with Crippen LogP contribution in [0.5, 0.6) is 11.5 Å². The number of nitrogens with one attached hydrogen (secondary N) is 1. The van der Waals surface area contributed by atoms with Crippen molar-refractivity contribution >= 4 is 0 Å². The summed E-state index contributed by atoms with van der Waals surface area (Å²) < 4.78 is 10.7. The summed E-state index contributed by atoms with van der Waals surface area (Å²) in [5.74, 6) is 1.61. The molecule has 1 atom stereocenters. The number of nitrogens with zero attached hydrogens (tertiary/aromatic N) is 1. The Kier molecular flexibility index (Phi) is 6.33. The van der Waals surface area contributed by atoms with E-state index in [1.807, 2.05) is 6.07 Å². The summed E-state index contributed by atoms with van der Waals surface area (Å²) >= 11 is 0. The second-order valence-corrected chi connectivity index (χ2v) is 5.72. The molecule has 1 N–H and O–H groups in total. The lowest BCUT2D eigenvalue weighted by Crippen LogP contribution is -2.37. The number of hydrogen-bond acceptors (Lipinski definition) is 4. The molecule has 21 heavy (non-hydrogen) atoms. The van der Waals surface area contributed by atoms with Gasteiger partial charge in [-0.2, -0.15) is 0 Å². The number of benzene rings is 1. The highest BCUT2D eigenvalue weighted by atomic mass is 16.5. The smallest absolute Gasteiger partial charge is 0.161 e. The highest BCUT2D eigenvalue weighted by molar-refractivity contribution is 5.42. The Bertz CT molecular complexity index is 437. The van der Waals surface area contributed by atoms with Crippen molar-refractivity contribution in [3.05, 3.63) is 23.8 Å². The van der Waals surface area contributed by atoms with Gasteiger partial charge in [0.25, 0.3) is 0 Å². The first-order valence-electron chi connectivity index (χ1n) is 7.93. The van der Waals surface area contributed by atoms with E-state index >= 15 is 0 Å². The van der Waals surface area contributed by atoms with Crippen LogP contribution in [0.4, 0.5) is 0 Å². The quantitative estimate of drug-likeness (QED) is 0.874. The molecule has 0 spiro atoms. The lowest BCUT2D eigenvalue weighted by Gasteiger charge is -2.24. The Hall–Kier alpha value is -1.26. The molecule has 0 aliphatic carbocycles. The fraction of sp³-hybridized carbons (Fsp3) is 0.647. The Balaban J connectivity index is 2.02. The average Bonchev–Trinajstić information content (AvgIpc) is 2.72. The van der Waals surface area contributed by atoms with Crippen LogP contribution in [-0.4, -0.2) is 44.8 Å². The molecule has 1 heterocycles. The van der Waals surface area contributed by atoms with Crippen LogP contribution < -0.4 is 14.8 Å². The molecule has 4 nitrogen and oxygen atoms in total. The number of methoxy groups -OCH3 is 2. The highest BCUT2D eigenvalue weighted by Gasteiger charge is 2.17. The van der Waals surface area contributed by atoms with E-state index in [1.165, 1.54) is 24.8 Å². The summed E-state index contributed by atoms with van der Waals surface area (Å²) in [5.41, 5.74) is 1.28. The van der Waals surface area contributed by atoms with Crippen molar-refractivity contribution in [1.82, 2.24) is 10.2 Å². The molecule has 1 unspecified atom stereocenters. The largest absolute Gasteiger partial charge is 0.493 e. The molecule has 2 rings (SSSR count). The number of ether oxygens (including phenoxy) is 2. The Morgan fingerprint density at radius 2 is 2.05 bits per heavy atom. The van der Waals surface area contributed by atoms with E-state index in [9.17, 15) is 0 Å². The summed E-state index contributed by atoms with van der Waals surface area (Å²) in [6.45, 7) is 6.64. The van der Waals surface area contributed by atoms with Gasteiger partial charge >= 0.3 is 0 Å². The predicted molar refractivity (Wildman–Crippen MR) is 86.1 cm³/mol. The van der Waals surface area contributed by atoms with Crippen LogP contribution in [0, 0.1) is 0 Å². The van der Waals surface area contributed by atoms with Crippen LogP contribution in [0.15, 0.2) is 18.2 Å². The molecule has 1 aromatic rings. The summed E-state index contributed by atoms with van der Waals surface area (Å²) in [6, 6.07) is 6.84. The predicted octanol–water partition coefficient (Wildman–Crippen LogP) is 2.67. The van der Waals surface area contributed by atoms with Gasteiger partial charge in [0.15, 0.2) is 11.5 Å². The second-order valence-electron chi connectivity index (χ2n) is 5.72. The molecular formula is C17H28N2O2. The topological polar surface area (TPSA) is 33.7 Å². The molecule has 4 heteroatoms. The lowest BCUT2D eigenvalue weighted by atomic mass is 10.1. The van der Waals surface area contributed by atoms with Gasteiger partial charge in [0, 0.05) is 19.1 Å². The molecular weight excluding hydrogens is 264 g/mol. The summed E-state index contributed by atoms with van der Waals surface area (Å²) in [7, 11) is 3.36. The molecule has 1 saturated heterocycles. The first-order chi connectivity index (χ1) is 10.3. The molecule has 0 aromatic heterocycles. The molecule has 1 aliphatic rings. The van der Waals surface area contributed by atoms with Crippen LogP contribution in [-0.2, 0) is 6.54 Å². The van der Waals surface area contributed by atoms with Gasteiger partial charge in [-0.15, -0.1) is 0 Å². The van der Waals surface area contributed by atoms with E-state index in [4.69, 9.17) is 9.47 Å². The zero-order valence-electron chi connectivity index (χ0n) is 13.5. The number of hydrogen-bond donors (Lipinski definition) is 1. The fourth-order valence-electron chi connectivity index (χ4n) is 3.00. The summed E-state index contributed by atoms with van der Waals surface area (Å²) in [6.07, 6.45) is 3.71. The van der Waals surface area contributed by atoms with Gasteiger partial charge in [0.1, 0.15) is 0 Å². The monoisotopic (exact) mass is 292 g/mol. The zero-order valence-corrected chi connectivity index (χ0v) is 13.5. The third-order valence-electron chi connectivity index (χ3n) is 4.05. The Morgan fingerprint density at radius 3 is 2.76 bits per heavy atom. The first-order valence-corrected chi connectivity index (χ1v) is 7.93. The van der Waals surface area contributed by atoms with Crippen LogP contribution >= 0.6 is 0 Å². The molecule has 1 aromatic carbocycles. The average molecular weight is 292 g/mol. The third kappa shape index (κ3) is 4.61. The maximum absolute atomic E-state index is 5.39. The van der Waals surface area contributed by atoms with E-state index in [-0.39, 0.29) is 0 Å². The van der Waals surface area contributed by atoms with Crippen LogP contribution in [0.1, 0.15) is 31.7 Å². The van der Waals surface area contributed by atoms with Gasteiger partial charge in [-0.25, -0.2) is 0 Å². The minimum Gasteiger partial charge on any atom is -0.493 e. The fourth-order valence-corrected chi connectivity index (χ4v) is 3.00. The van der Waals surface area contributed by atoms with Crippen LogP contribution in [0.3, 0.4) is 0 Å². The highest BCUT2D eigenvalue weighted by Crippen LogP contribution is 2.28. The van der Waals surface area contributed by atoms with Crippen molar-refractivity contribution in [3.8, 4) is 11.5 Å². The van der Waals surface area contributed by atoms with Gasteiger partial charge in [-0.1, -0.05) is 19.4 Å². The Morgan fingerprint density at radius 1 is 1.24 bits per heavy atom. The van der Waals surface area contributed by atoms with Crippen molar-refractivity contribution in [3.63, 3.8) is 0 Å². The van der Waals surface area contributed by atoms with E-state index in [0.29, 0.717) is 6.04 Å². The standard InChI is InChI=1S/C17H28N2O2/c1-4-6-15-13-19(10-5-9-18-15)12-14-7-8-16(20-2)17(11-14)21-3/h7-8,11,15,18H,4-6,9-10,12-13H2,1-3H3. The van der Waals surface area contributed by atoms with Crippen molar-refractivity contribution in [2.45, 2.75) is 38.8 Å². The molecule has 1 fully saturated rings. The lowest BCUT2D eigenvalue weighted by molar-refractivity contribution is 0.254. The minimum atomic E-state index is 0.623. The third-order valence-corrected chi connectivity index (χ3v) is 4.05. The van der Waals surface area contributed by atoms with E-state index in [1.54, 1.807) is 14.2 Å². The van der Waals surface area contributed by atoms with Gasteiger partial charge < -0.3 is 14.8 Å². The first kappa shape index (κ1) is 16.1.